The maximum absolute atomic E-state index is 6.26. The van der Waals surface area contributed by atoms with Crippen molar-refractivity contribution in [3.05, 3.63) is 175 Å². The lowest BCUT2D eigenvalue weighted by Gasteiger charge is -2.26. The number of hydrogen-bond acceptors (Lipinski definition) is 3. The lowest BCUT2D eigenvalue weighted by atomic mass is 9.84. The summed E-state index contributed by atoms with van der Waals surface area (Å²) in [6.07, 6.45) is 6.63. The fourth-order valence-electron chi connectivity index (χ4n) is 9.24. The Labute approximate surface area is 324 Å². The first kappa shape index (κ1) is 32.3. The van der Waals surface area contributed by atoms with Crippen molar-refractivity contribution in [3.63, 3.8) is 0 Å². The van der Waals surface area contributed by atoms with Crippen molar-refractivity contribution >= 4 is 81.3 Å². The Morgan fingerprint density at radius 1 is 0.455 bits per heavy atom. The Hall–Kier alpha value is -6.16. The summed E-state index contributed by atoms with van der Waals surface area (Å²) in [6, 6.07) is 62.2. The van der Waals surface area contributed by atoms with Gasteiger partial charge in [-0.2, -0.15) is 0 Å². The smallest absolute Gasteiger partial charge is 0.136 e. The molecule has 55 heavy (non-hydrogen) atoms. The van der Waals surface area contributed by atoms with Gasteiger partial charge in [0.1, 0.15) is 11.2 Å². The summed E-state index contributed by atoms with van der Waals surface area (Å²) in [6.45, 7) is 0. The van der Waals surface area contributed by atoms with Crippen LogP contribution in [0.1, 0.15) is 43.6 Å². The quantitative estimate of drug-likeness (QED) is 0.170. The van der Waals surface area contributed by atoms with E-state index in [-0.39, 0.29) is 0 Å². The minimum Gasteiger partial charge on any atom is -0.456 e. The zero-order chi connectivity index (χ0) is 36.3. The van der Waals surface area contributed by atoms with Crippen molar-refractivity contribution in [3.8, 4) is 22.3 Å². The fourth-order valence-corrected chi connectivity index (χ4v) is 10.6. The summed E-state index contributed by atoms with van der Waals surface area (Å²) in [5.41, 5.74) is 11.7. The first-order valence-corrected chi connectivity index (χ1v) is 20.4. The van der Waals surface area contributed by atoms with Crippen molar-refractivity contribution in [2.45, 2.75) is 38.0 Å². The van der Waals surface area contributed by atoms with Gasteiger partial charge in [0.15, 0.2) is 0 Å². The van der Waals surface area contributed by atoms with Gasteiger partial charge >= 0.3 is 0 Å². The van der Waals surface area contributed by atoms with Crippen LogP contribution in [0, 0.1) is 0 Å². The number of rotatable bonds is 6. The van der Waals surface area contributed by atoms with E-state index in [0.29, 0.717) is 5.92 Å². The van der Waals surface area contributed by atoms with E-state index >= 15 is 0 Å². The normalized spacial score (nSPS) is 13.7. The molecule has 11 rings (SSSR count). The highest BCUT2D eigenvalue weighted by Crippen LogP contribution is 2.48. The maximum atomic E-state index is 6.26. The zero-order valence-electron chi connectivity index (χ0n) is 30.5. The van der Waals surface area contributed by atoms with Crippen molar-refractivity contribution in [2.24, 2.45) is 0 Å². The minimum atomic E-state index is 0.649. The van der Waals surface area contributed by atoms with Gasteiger partial charge in [-0.25, -0.2) is 0 Å². The van der Waals surface area contributed by atoms with Crippen LogP contribution in [0.4, 0.5) is 17.1 Å². The van der Waals surface area contributed by atoms with Crippen LogP contribution in [-0.4, -0.2) is 0 Å². The molecule has 1 aliphatic carbocycles. The number of hydrogen-bond donors (Lipinski definition) is 0. The Bertz CT molecular complexity index is 3010. The summed E-state index contributed by atoms with van der Waals surface area (Å²) in [4.78, 5) is 2.46. The van der Waals surface area contributed by atoms with Crippen LogP contribution in [0.25, 0.3) is 75.1 Å². The molecule has 0 bridgehead atoms. The van der Waals surface area contributed by atoms with Crippen LogP contribution in [-0.2, 0) is 0 Å². The van der Waals surface area contributed by atoms with E-state index < -0.39 is 0 Å². The molecule has 10 aromatic rings. The summed E-state index contributed by atoms with van der Waals surface area (Å²) in [7, 11) is 0. The first-order chi connectivity index (χ1) is 27.3. The van der Waals surface area contributed by atoms with Gasteiger partial charge in [-0.05, 0) is 99.8 Å². The predicted molar refractivity (Wildman–Crippen MR) is 235 cm³/mol. The van der Waals surface area contributed by atoms with Gasteiger partial charge in [-0.1, -0.05) is 147 Å². The van der Waals surface area contributed by atoms with Gasteiger partial charge in [0.2, 0.25) is 0 Å². The molecule has 0 atom stereocenters. The largest absolute Gasteiger partial charge is 0.456 e. The SMILES string of the molecule is c1ccc2c(-c3ccc(N(c4ccc(-c5cccc6oc7ccccc7c56)cc4)c4cccc5c4sc4c(C6CCCCC6)cccc45)cc3)cccc2c1. The number of anilines is 3. The Kier molecular flexibility index (Phi) is 7.81. The number of furan rings is 1. The van der Waals surface area contributed by atoms with Gasteiger partial charge in [0, 0.05) is 37.6 Å². The molecule has 264 valence electrons. The fraction of sp³-hybridized carbons (Fsp3) is 0.115. The van der Waals surface area contributed by atoms with Crippen LogP contribution >= 0.6 is 11.3 Å². The number of nitrogens with zero attached hydrogens (tertiary/aromatic N) is 1. The molecule has 0 N–H and O–H groups in total. The van der Waals surface area contributed by atoms with Crippen LogP contribution < -0.4 is 4.90 Å². The molecule has 3 heteroatoms. The van der Waals surface area contributed by atoms with E-state index in [0.717, 1.165) is 33.3 Å². The topological polar surface area (TPSA) is 16.4 Å². The molecule has 0 amide bonds. The van der Waals surface area contributed by atoms with E-state index in [2.05, 4.69) is 169 Å². The lowest BCUT2D eigenvalue weighted by molar-refractivity contribution is 0.446. The highest BCUT2D eigenvalue weighted by Gasteiger charge is 2.23. The Balaban J connectivity index is 1.07. The van der Waals surface area contributed by atoms with E-state index in [9.17, 15) is 0 Å². The molecule has 8 aromatic carbocycles. The average Bonchev–Trinajstić information content (AvgIpc) is 3.84. The van der Waals surface area contributed by atoms with E-state index in [1.165, 1.54) is 91.0 Å². The molecule has 0 aliphatic heterocycles. The highest BCUT2D eigenvalue weighted by atomic mass is 32.1. The molecule has 0 spiro atoms. The molecule has 1 aliphatic rings. The Morgan fingerprint density at radius 3 is 1.84 bits per heavy atom. The number of fused-ring (bicyclic) bond motifs is 7. The number of para-hydroxylation sites is 1. The Morgan fingerprint density at radius 2 is 1.04 bits per heavy atom. The van der Waals surface area contributed by atoms with Gasteiger partial charge in [0.25, 0.3) is 0 Å². The minimum absolute atomic E-state index is 0.649. The third-order valence-electron chi connectivity index (χ3n) is 11.9. The maximum Gasteiger partial charge on any atom is 0.136 e. The monoisotopic (exact) mass is 725 g/mol. The van der Waals surface area contributed by atoms with Gasteiger partial charge in [-0.3, -0.25) is 0 Å². The van der Waals surface area contributed by atoms with Gasteiger partial charge in [-0.15, -0.1) is 11.3 Å². The van der Waals surface area contributed by atoms with Crippen molar-refractivity contribution in [1.82, 2.24) is 0 Å². The zero-order valence-corrected chi connectivity index (χ0v) is 31.4. The molecule has 0 saturated heterocycles. The molecular weight excluding hydrogens is 687 g/mol. The van der Waals surface area contributed by atoms with E-state index in [1.54, 1.807) is 5.56 Å². The van der Waals surface area contributed by atoms with Gasteiger partial charge < -0.3 is 9.32 Å². The summed E-state index contributed by atoms with van der Waals surface area (Å²) in [5.74, 6) is 0.649. The summed E-state index contributed by atoms with van der Waals surface area (Å²) >= 11 is 1.98. The number of thiophene rings is 1. The van der Waals surface area contributed by atoms with Crippen molar-refractivity contribution in [1.29, 1.82) is 0 Å². The molecule has 1 saturated carbocycles. The van der Waals surface area contributed by atoms with Gasteiger partial charge in [0.05, 0.1) is 10.4 Å². The van der Waals surface area contributed by atoms with Crippen LogP contribution in [0.15, 0.2) is 174 Å². The molecule has 2 nitrogen and oxygen atoms in total. The molecule has 2 heterocycles. The van der Waals surface area contributed by atoms with Crippen molar-refractivity contribution < 1.29 is 4.42 Å². The number of benzene rings is 8. The lowest BCUT2D eigenvalue weighted by Crippen LogP contribution is -2.10. The predicted octanol–water partition coefficient (Wildman–Crippen LogP) is 16.0. The second kappa shape index (κ2) is 13.3. The highest BCUT2D eigenvalue weighted by molar-refractivity contribution is 7.26. The summed E-state index contributed by atoms with van der Waals surface area (Å²) < 4.78 is 9.05. The third-order valence-corrected chi connectivity index (χ3v) is 13.2. The molecular formula is C52H39NOS. The van der Waals surface area contributed by atoms with E-state index in [1.807, 2.05) is 17.4 Å². The summed E-state index contributed by atoms with van der Waals surface area (Å²) in [5, 5.41) is 7.56. The molecule has 0 radical (unpaired) electrons. The van der Waals surface area contributed by atoms with Crippen LogP contribution in [0.3, 0.4) is 0 Å². The second-order valence-electron chi connectivity index (χ2n) is 15.0. The van der Waals surface area contributed by atoms with Crippen LogP contribution in [0.2, 0.25) is 0 Å². The van der Waals surface area contributed by atoms with E-state index in [4.69, 9.17) is 4.42 Å². The standard InChI is InChI=1S/C52H39NOS/c1-2-12-35(13-3-1)43-20-9-21-44-45-22-10-23-47(52(45)55-51(43)44)53(38-30-26-36(27-31-38)41-18-8-15-34-14-4-5-16-40(34)41)39-32-28-37(29-33-39)42-19-11-25-49-50(42)46-17-6-7-24-48(46)54-49/h4-11,14-33,35H,1-3,12-13H2. The first-order valence-electron chi connectivity index (χ1n) is 19.6. The molecule has 2 aromatic heterocycles. The van der Waals surface area contributed by atoms with Crippen molar-refractivity contribution in [2.75, 3.05) is 4.90 Å². The molecule has 1 fully saturated rings. The second-order valence-corrected chi connectivity index (χ2v) is 16.1. The third kappa shape index (κ3) is 5.45. The van der Waals surface area contributed by atoms with Crippen LogP contribution in [0.5, 0.6) is 0 Å². The average molecular weight is 726 g/mol. The molecule has 0 unspecified atom stereocenters.